The number of aliphatic hydroxyl groups is 1. The fourth-order valence-corrected chi connectivity index (χ4v) is 23.0. The van der Waals surface area contributed by atoms with Gasteiger partial charge in [-0.1, -0.05) is 80.6 Å². The second kappa shape index (κ2) is 17.1. The molecule has 8 rings (SSSR count). The molecule has 3 aromatic rings. The molecule has 0 radical (unpaired) electrons. The van der Waals surface area contributed by atoms with Crippen LogP contribution in [0.15, 0.2) is 102 Å². The zero-order valence-electron chi connectivity index (χ0n) is 39.5. The van der Waals surface area contributed by atoms with E-state index in [1.165, 1.54) is 6.92 Å². The molecule has 0 aromatic heterocycles. The quantitative estimate of drug-likeness (QED) is 0.0941. The van der Waals surface area contributed by atoms with Crippen molar-refractivity contribution >= 4 is 46.2 Å². The van der Waals surface area contributed by atoms with E-state index in [2.05, 4.69) is 31.5 Å². The molecule has 2 heterocycles. The maximum Gasteiger partial charge on any atom is 0.338 e. The molecular formula is C51H63NO12Si2. The Morgan fingerprint density at radius 2 is 1.39 bits per heavy atom. The Balaban J connectivity index is 1.32. The van der Waals surface area contributed by atoms with Gasteiger partial charge in [0.25, 0.3) is 5.91 Å². The SMILES string of the molecule is CC(=O)O[C@@]12CO[C@@H]1C[C@@H]1O[Si](C)(C)C[Si](C)(C)O[C@H]3C(=O)[C@@]1(C)C2[C@H](OC(=O)c1ccccc1)[C@]1(O)C[C@H](OC(=O)[C@H](C)[C@@H](NC(=O)c2ccccc2)c2ccccc2)C(C)=C3C1(C)C. The highest BCUT2D eigenvalue weighted by molar-refractivity contribution is 6.89. The van der Waals surface area contributed by atoms with E-state index < -0.39 is 105 Å². The molecule has 15 heteroatoms. The number of ketones is 1. The van der Waals surface area contributed by atoms with Crippen LogP contribution in [0.3, 0.4) is 0 Å². The summed E-state index contributed by atoms with van der Waals surface area (Å²) in [5.74, 6) is -5.02. The van der Waals surface area contributed by atoms with Gasteiger partial charge >= 0.3 is 17.9 Å². The second-order valence-electron chi connectivity index (χ2n) is 21.0. The summed E-state index contributed by atoms with van der Waals surface area (Å²) in [7, 11) is -5.49. The summed E-state index contributed by atoms with van der Waals surface area (Å²) in [6.07, 6.45) is -5.66. The fraction of sp³-hybridized carbons (Fsp3) is 0.510. The third kappa shape index (κ3) is 8.02. The minimum atomic E-state index is -2.82. The molecular weight excluding hydrogens is 875 g/mol. The number of carbonyl (C=O) groups excluding carboxylic acids is 5. The van der Waals surface area contributed by atoms with Gasteiger partial charge in [-0.2, -0.15) is 0 Å². The Kier molecular flexibility index (Phi) is 12.3. The Hall–Kier alpha value is -4.78. The van der Waals surface area contributed by atoms with Gasteiger partial charge in [0, 0.05) is 30.7 Å². The number of amides is 1. The molecule has 1 amide bonds. The summed E-state index contributed by atoms with van der Waals surface area (Å²) >= 11 is 0. The number of carbonyl (C=O) groups is 5. The van der Waals surface area contributed by atoms with E-state index in [4.69, 9.17) is 27.8 Å². The van der Waals surface area contributed by atoms with Gasteiger partial charge in [0.2, 0.25) is 0 Å². The molecule has 3 aromatic carbocycles. The lowest BCUT2D eigenvalue weighted by atomic mass is 9.44. The number of Topliss-reactive ketones (excluding diaryl/α,β-unsaturated/α-hetero) is 1. The van der Waals surface area contributed by atoms with E-state index in [-0.39, 0.29) is 36.7 Å². The van der Waals surface area contributed by atoms with Crippen LogP contribution in [0.25, 0.3) is 0 Å². The molecule has 2 N–H and O–H groups in total. The molecule has 66 heavy (non-hydrogen) atoms. The van der Waals surface area contributed by atoms with Crippen molar-refractivity contribution in [3.63, 3.8) is 0 Å². The first-order chi connectivity index (χ1) is 31.0. The van der Waals surface area contributed by atoms with Crippen molar-refractivity contribution in [3.05, 3.63) is 119 Å². The fourth-order valence-electron chi connectivity index (χ4n) is 12.2. The van der Waals surface area contributed by atoms with Crippen LogP contribution in [0.4, 0.5) is 0 Å². The monoisotopic (exact) mass is 937 g/mol. The molecule has 0 spiro atoms. The van der Waals surface area contributed by atoms with E-state index in [1.54, 1.807) is 75.4 Å². The highest BCUT2D eigenvalue weighted by atomic mass is 28.4. The predicted octanol–water partition coefficient (Wildman–Crippen LogP) is 7.45. The third-order valence-corrected chi connectivity index (χ3v) is 23.8. The van der Waals surface area contributed by atoms with E-state index in [0.29, 0.717) is 27.9 Å². The van der Waals surface area contributed by atoms with Crippen molar-refractivity contribution < 1.29 is 56.9 Å². The Labute approximate surface area is 389 Å². The van der Waals surface area contributed by atoms with Gasteiger partial charge in [-0.05, 0) is 93.6 Å². The van der Waals surface area contributed by atoms with Crippen molar-refractivity contribution in [2.75, 3.05) is 6.61 Å². The smallest absolute Gasteiger partial charge is 0.338 e. The molecule has 2 saturated carbocycles. The molecule has 5 aliphatic rings. The highest BCUT2D eigenvalue weighted by Gasteiger charge is 2.79. The van der Waals surface area contributed by atoms with Crippen LogP contribution in [0.1, 0.15) is 86.7 Å². The Bertz CT molecular complexity index is 2430. The topological polar surface area (TPSA) is 173 Å². The van der Waals surface area contributed by atoms with Crippen molar-refractivity contribution in [2.45, 2.75) is 134 Å². The average molecular weight is 938 g/mol. The van der Waals surface area contributed by atoms with Crippen LogP contribution < -0.4 is 5.32 Å². The van der Waals surface area contributed by atoms with Crippen LogP contribution in [0.2, 0.25) is 31.9 Å². The van der Waals surface area contributed by atoms with Crippen LogP contribution >= 0.6 is 0 Å². The largest absolute Gasteiger partial charge is 0.457 e. The first kappa shape index (κ1) is 47.7. The maximum atomic E-state index is 16.3. The van der Waals surface area contributed by atoms with Crippen LogP contribution in [-0.2, 0) is 42.2 Å². The zero-order chi connectivity index (χ0) is 47.8. The van der Waals surface area contributed by atoms with Crippen LogP contribution in [-0.4, -0.2) is 99.7 Å². The number of ether oxygens (including phenoxy) is 4. The summed E-state index contributed by atoms with van der Waals surface area (Å²) in [5, 5.41) is 17.2. The molecule has 4 fully saturated rings. The Morgan fingerprint density at radius 1 is 0.818 bits per heavy atom. The minimum Gasteiger partial charge on any atom is -0.457 e. The van der Waals surface area contributed by atoms with Gasteiger partial charge in [-0.3, -0.25) is 19.2 Å². The Morgan fingerprint density at radius 3 is 1.97 bits per heavy atom. The number of esters is 3. The first-order valence-corrected chi connectivity index (χ1v) is 29.2. The van der Waals surface area contributed by atoms with Gasteiger partial charge in [0.15, 0.2) is 28.0 Å². The summed E-state index contributed by atoms with van der Waals surface area (Å²) in [5.41, 5.74) is -3.80. The van der Waals surface area contributed by atoms with Gasteiger partial charge in [-0.25, -0.2) is 4.79 Å². The van der Waals surface area contributed by atoms with E-state index >= 15 is 4.79 Å². The average Bonchev–Trinajstić information content (AvgIpc) is 3.27. The van der Waals surface area contributed by atoms with Crippen LogP contribution in [0.5, 0.6) is 0 Å². The molecule has 1 unspecified atom stereocenters. The van der Waals surface area contributed by atoms with Gasteiger partial charge in [0.1, 0.15) is 30.0 Å². The molecule has 4 bridgehead atoms. The number of nitrogens with one attached hydrogen (secondary N) is 1. The van der Waals surface area contributed by atoms with E-state index in [1.807, 2.05) is 50.2 Å². The third-order valence-electron chi connectivity index (χ3n) is 15.2. The number of fused-ring (bicyclic) bond motifs is 6. The lowest BCUT2D eigenvalue weighted by Gasteiger charge is -2.68. The highest BCUT2D eigenvalue weighted by Crippen LogP contribution is 2.65. The summed E-state index contributed by atoms with van der Waals surface area (Å²) in [6.45, 7) is 18.4. The predicted molar refractivity (Wildman–Crippen MR) is 249 cm³/mol. The van der Waals surface area contributed by atoms with Crippen molar-refractivity contribution in [1.29, 1.82) is 0 Å². The van der Waals surface area contributed by atoms with Crippen molar-refractivity contribution in [2.24, 2.45) is 22.7 Å². The van der Waals surface area contributed by atoms with Crippen LogP contribution in [0, 0.1) is 22.7 Å². The molecule has 13 nitrogen and oxygen atoms in total. The van der Waals surface area contributed by atoms with E-state index in [9.17, 15) is 24.3 Å². The number of hydrogen-bond acceptors (Lipinski definition) is 12. The summed E-state index contributed by atoms with van der Waals surface area (Å²) in [6, 6.07) is 25.4. The van der Waals surface area contributed by atoms with E-state index in [0.717, 1.165) is 0 Å². The standard InChI is InChI=1S/C51H63NO12Si2/c1-30-36(60-46(56)31(2)40(33-20-14-11-15-21-33)52-45(55)34-22-16-12-17-23-34)27-51(58)44(61-47(57)35-24-18-13-19-25-35)42-49(6)37(26-38-50(42,28-59-38)62-32(3)53)63-65(7,8)29-66(9,10)64-41(43(49)54)39(30)48(51,4)5/h11-25,31,36-38,40-42,44,58H,26-29H2,1-10H3,(H,52,55)/t31-,36+,37+,38-,40-,41-,42?,44+,49-,50+,51-/m1/s1. The van der Waals surface area contributed by atoms with Crippen molar-refractivity contribution in [3.8, 4) is 0 Å². The molecule has 3 aliphatic carbocycles. The maximum absolute atomic E-state index is 16.3. The first-order valence-electron chi connectivity index (χ1n) is 23.0. The van der Waals surface area contributed by atoms with Crippen molar-refractivity contribution in [1.82, 2.24) is 5.32 Å². The molecule has 352 valence electrons. The molecule has 2 saturated heterocycles. The lowest BCUT2D eigenvalue weighted by Crippen LogP contribution is -2.82. The minimum absolute atomic E-state index is 0.132. The summed E-state index contributed by atoms with van der Waals surface area (Å²) in [4.78, 5) is 72.8. The number of rotatable bonds is 9. The second-order valence-corrected chi connectivity index (χ2v) is 29.9. The summed E-state index contributed by atoms with van der Waals surface area (Å²) < 4.78 is 40.4. The number of benzene rings is 3. The molecule has 2 aliphatic heterocycles. The lowest BCUT2D eigenvalue weighted by molar-refractivity contribution is -0.344. The van der Waals surface area contributed by atoms with Gasteiger partial charge in [0.05, 0.1) is 41.6 Å². The zero-order valence-corrected chi connectivity index (χ0v) is 41.5. The van der Waals surface area contributed by atoms with Gasteiger partial charge in [-0.15, -0.1) is 0 Å². The molecule has 11 atom stereocenters. The van der Waals surface area contributed by atoms with Gasteiger partial charge < -0.3 is 38.2 Å². The normalized spacial score (nSPS) is 33.6. The number of hydrogen-bond donors (Lipinski definition) is 2.